The van der Waals surface area contributed by atoms with Gasteiger partial charge < -0.3 is 15.2 Å². The van der Waals surface area contributed by atoms with Crippen LogP contribution in [0.3, 0.4) is 0 Å². The summed E-state index contributed by atoms with van der Waals surface area (Å²) in [6, 6.07) is 11.1. The van der Waals surface area contributed by atoms with E-state index in [4.69, 9.17) is 5.11 Å². The highest BCUT2D eigenvalue weighted by Crippen LogP contribution is 2.27. The Labute approximate surface area is 174 Å². The minimum absolute atomic E-state index is 0.0276. The van der Waals surface area contributed by atoms with Crippen LogP contribution in [0, 0.1) is 5.82 Å². The van der Waals surface area contributed by atoms with Crippen molar-refractivity contribution in [3.63, 3.8) is 0 Å². The summed E-state index contributed by atoms with van der Waals surface area (Å²) in [5.41, 5.74) is 1.07. The normalized spacial score (nSPS) is 12.3. The maximum absolute atomic E-state index is 13.3. The van der Waals surface area contributed by atoms with Crippen LogP contribution < -0.4 is 10.1 Å². The molecule has 0 aliphatic heterocycles. The van der Waals surface area contributed by atoms with E-state index in [1.165, 1.54) is 42.5 Å². The molecule has 1 amide bonds. The number of nitrogens with one attached hydrogen (secondary N) is 1. The van der Waals surface area contributed by atoms with Crippen LogP contribution in [0.1, 0.15) is 17.4 Å². The number of aliphatic hydroxyl groups excluding tert-OH is 1. The van der Waals surface area contributed by atoms with Gasteiger partial charge in [-0.2, -0.15) is 0 Å². The highest BCUT2D eigenvalue weighted by Gasteiger charge is 2.31. The molecule has 1 unspecified atom stereocenters. The van der Waals surface area contributed by atoms with Crippen molar-refractivity contribution in [2.45, 2.75) is 19.3 Å². The number of rotatable bonds is 6. The molecule has 6 nitrogen and oxygen atoms in total. The van der Waals surface area contributed by atoms with E-state index in [1.807, 2.05) is 0 Å². The number of benzene rings is 2. The van der Waals surface area contributed by atoms with Crippen LogP contribution in [0.4, 0.5) is 17.6 Å². The first-order chi connectivity index (χ1) is 14.6. The van der Waals surface area contributed by atoms with E-state index in [1.54, 1.807) is 6.92 Å². The fraction of sp³-hybridized carbons (Fsp3) is 0.190. The molecule has 31 heavy (non-hydrogen) atoms. The summed E-state index contributed by atoms with van der Waals surface area (Å²) in [7, 11) is 0. The lowest BCUT2D eigenvalue weighted by Gasteiger charge is -2.13. The molecule has 0 saturated heterocycles. The Morgan fingerprint density at radius 3 is 2.26 bits per heavy atom. The molecule has 0 bridgehead atoms. The van der Waals surface area contributed by atoms with Gasteiger partial charge in [-0.25, -0.2) is 14.4 Å². The third-order valence-electron chi connectivity index (χ3n) is 4.10. The second kappa shape index (κ2) is 9.09. The third kappa shape index (κ3) is 5.98. The van der Waals surface area contributed by atoms with E-state index in [2.05, 4.69) is 20.0 Å². The second-order valence-electron chi connectivity index (χ2n) is 6.60. The Balaban J connectivity index is 2.02. The zero-order valence-electron chi connectivity index (χ0n) is 16.2. The summed E-state index contributed by atoms with van der Waals surface area (Å²) in [5.74, 6) is -1.32. The molecule has 1 heterocycles. The molecular weight excluding hydrogens is 418 g/mol. The predicted molar refractivity (Wildman–Crippen MR) is 104 cm³/mol. The Morgan fingerprint density at radius 1 is 1.06 bits per heavy atom. The van der Waals surface area contributed by atoms with Crippen molar-refractivity contribution >= 4 is 5.91 Å². The lowest BCUT2D eigenvalue weighted by atomic mass is 10.1. The number of halogens is 4. The number of hydrogen-bond acceptors (Lipinski definition) is 5. The van der Waals surface area contributed by atoms with Crippen LogP contribution in [-0.4, -0.2) is 40.0 Å². The smallest absolute Gasteiger partial charge is 0.406 e. The Kier molecular flexibility index (Phi) is 6.50. The maximum Gasteiger partial charge on any atom is 0.573 e. The number of nitrogens with zero attached hydrogens (tertiary/aromatic N) is 2. The van der Waals surface area contributed by atoms with Gasteiger partial charge >= 0.3 is 6.36 Å². The zero-order valence-corrected chi connectivity index (χ0v) is 16.2. The quantitative estimate of drug-likeness (QED) is 0.573. The lowest BCUT2D eigenvalue weighted by molar-refractivity contribution is -0.274. The van der Waals surface area contributed by atoms with E-state index in [0.717, 1.165) is 12.1 Å². The first-order valence-electron chi connectivity index (χ1n) is 9.07. The number of ether oxygens (including phenoxy) is 1. The van der Waals surface area contributed by atoms with Gasteiger partial charge in [0.2, 0.25) is 0 Å². The number of aliphatic hydroxyl groups is 1. The molecule has 2 N–H and O–H groups in total. The molecule has 162 valence electrons. The number of carbonyl (C=O) groups is 1. The van der Waals surface area contributed by atoms with Gasteiger partial charge in [-0.3, -0.25) is 4.79 Å². The Bertz CT molecular complexity index is 1050. The SMILES string of the molecule is CC(CO)NC(=O)c1cc(-c2ccc(OC(F)(F)F)cc2)nc(-c2ccc(F)cc2)n1. The summed E-state index contributed by atoms with van der Waals surface area (Å²) in [5, 5.41) is 11.7. The predicted octanol–water partition coefficient (Wildman–Crippen LogP) is 3.96. The molecule has 0 radical (unpaired) electrons. The molecule has 0 saturated carbocycles. The molecule has 3 aromatic rings. The van der Waals surface area contributed by atoms with E-state index >= 15 is 0 Å². The monoisotopic (exact) mass is 435 g/mol. The van der Waals surface area contributed by atoms with Crippen LogP contribution >= 0.6 is 0 Å². The fourth-order valence-corrected chi connectivity index (χ4v) is 2.61. The van der Waals surface area contributed by atoms with Crippen LogP contribution in [0.25, 0.3) is 22.6 Å². The number of carbonyl (C=O) groups excluding carboxylic acids is 1. The van der Waals surface area contributed by atoms with Crippen LogP contribution in [-0.2, 0) is 0 Å². The van der Waals surface area contributed by atoms with Crippen molar-refractivity contribution in [2.75, 3.05) is 6.61 Å². The van der Waals surface area contributed by atoms with Gasteiger partial charge in [0.1, 0.15) is 17.3 Å². The van der Waals surface area contributed by atoms with Gasteiger partial charge in [0, 0.05) is 17.2 Å². The van der Waals surface area contributed by atoms with Crippen LogP contribution in [0.15, 0.2) is 54.6 Å². The van der Waals surface area contributed by atoms with Crippen molar-refractivity contribution in [1.29, 1.82) is 0 Å². The molecule has 2 aromatic carbocycles. The van der Waals surface area contributed by atoms with Crippen molar-refractivity contribution in [3.05, 3.63) is 66.1 Å². The van der Waals surface area contributed by atoms with Crippen molar-refractivity contribution in [1.82, 2.24) is 15.3 Å². The standard InChI is InChI=1S/C21H17F4N3O3/c1-12(11-29)26-20(30)18-10-17(13-4-8-16(9-5-13)31-21(23,24)25)27-19(28-18)14-2-6-15(22)7-3-14/h2-10,12,29H,11H2,1H3,(H,26,30). The van der Waals surface area contributed by atoms with E-state index in [0.29, 0.717) is 11.1 Å². The van der Waals surface area contributed by atoms with Crippen molar-refractivity contribution in [2.24, 2.45) is 0 Å². The molecule has 3 rings (SSSR count). The second-order valence-corrected chi connectivity index (χ2v) is 6.60. The first-order valence-corrected chi connectivity index (χ1v) is 9.07. The largest absolute Gasteiger partial charge is 0.573 e. The van der Waals surface area contributed by atoms with E-state index in [-0.39, 0.29) is 23.8 Å². The van der Waals surface area contributed by atoms with E-state index in [9.17, 15) is 22.4 Å². The Morgan fingerprint density at radius 2 is 1.68 bits per heavy atom. The maximum atomic E-state index is 13.3. The lowest BCUT2D eigenvalue weighted by Crippen LogP contribution is -2.35. The number of hydrogen-bond donors (Lipinski definition) is 2. The molecule has 0 spiro atoms. The fourth-order valence-electron chi connectivity index (χ4n) is 2.61. The topological polar surface area (TPSA) is 84.3 Å². The summed E-state index contributed by atoms with van der Waals surface area (Å²) < 4.78 is 54.3. The van der Waals surface area contributed by atoms with Crippen LogP contribution in [0.2, 0.25) is 0 Å². The van der Waals surface area contributed by atoms with E-state index < -0.39 is 29.9 Å². The number of alkyl halides is 3. The molecule has 0 fully saturated rings. The molecular formula is C21H17F4N3O3. The van der Waals surface area contributed by atoms with Crippen LogP contribution in [0.5, 0.6) is 5.75 Å². The highest BCUT2D eigenvalue weighted by molar-refractivity contribution is 5.94. The highest BCUT2D eigenvalue weighted by atomic mass is 19.4. The first kappa shape index (κ1) is 22.2. The van der Waals surface area contributed by atoms with Gasteiger partial charge in [0.05, 0.1) is 12.3 Å². The van der Waals surface area contributed by atoms with Gasteiger partial charge in [-0.1, -0.05) is 0 Å². The minimum atomic E-state index is -4.82. The zero-order chi connectivity index (χ0) is 22.6. The Hall–Kier alpha value is -3.53. The molecule has 0 aliphatic rings. The molecule has 1 aromatic heterocycles. The molecule has 0 aliphatic carbocycles. The van der Waals surface area contributed by atoms with Crippen molar-refractivity contribution < 1.29 is 32.2 Å². The molecule has 10 heteroatoms. The third-order valence-corrected chi connectivity index (χ3v) is 4.10. The average Bonchev–Trinajstić information content (AvgIpc) is 2.73. The number of amides is 1. The van der Waals surface area contributed by atoms with Gasteiger partial charge in [0.15, 0.2) is 5.82 Å². The van der Waals surface area contributed by atoms with Crippen molar-refractivity contribution in [3.8, 4) is 28.4 Å². The summed E-state index contributed by atoms with van der Waals surface area (Å²) in [6.07, 6.45) is -4.82. The number of aromatic nitrogens is 2. The summed E-state index contributed by atoms with van der Waals surface area (Å²) in [6.45, 7) is 1.31. The average molecular weight is 435 g/mol. The van der Waals surface area contributed by atoms with Gasteiger partial charge in [0.25, 0.3) is 5.91 Å². The molecule has 1 atom stereocenters. The van der Waals surface area contributed by atoms with Gasteiger partial charge in [-0.05, 0) is 61.5 Å². The summed E-state index contributed by atoms with van der Waals surface area (Å²) in [4.78, 5) is 21.1. The minimum Gasteiger partial charge on any atom is -0.406 e. The van der Waals surface area contributed by atoms with Gasteiger partial charge in [-0.15, -0.1) is 13.2 Å². The summed E-state index contributed by atoms with van der Waals surface area (Å²) >= 11 is 0.